The van der Waals surface area contributed by atoms with E-state index >= 15 is 0 Å². The van der Waals surface area contributed by atoms with Crippen LogP contribution in [-0.2, 0) is 10.8 Å². The molecule has 1 N–H and O–H groups in total. The third-order valence-electron chi connectivity index (χ3n) is 2.06. The maximum absolute atomic E-state index is 11.1. The van der Waals surface area contributed by atoms with Crippen molar-refractivity contribution in [3.05, 3.63) is 21.6 Å². The molecular formula is C8H11ClN4O3S. The summed E-state index contributed by atoms with van der Waals surface area (Å²) in [4.78, 5) is 17.4. The first-order chi connectivity index (χ1) is 7.91. The standard InChI is InChI=1S/C8H11ClN4O3S/c1-5(17(2)16)3-10-7-6(13(14)15)4-11-8(9)12-7/h4-5H,3H2,1-2H3,(H,10,11,12). The van der Waals surface area contributed by atoms with Crippen LogP contribution in [0.3, 0.4) is 0 Å². The van der Waals surface area contributed by atoms with E-state index in [1.54, 1.807) is 13.2 Å². The first-order valence-electron chi connectivity index (χ1n) is 4.65. The molecule has 0 aliphatic carbocycles. The van der Waals surface area contributed by atoms with Crippen LogP contribution in [0.2, 0.25) is 5.28 Å². The zero-order valence-electron chi connectivity index (χ0n) is 9.21. The molecule has 1 heterocycles. The van der Waals surface area contributed by atoms with Crippen molar-refractivity contribution in [1.82, 2.24) is 9.97 Å². The highest BCUT2D eigenvalue weighted by Gasteiger charge is 2.17. The van der Waals surface area contributed by atoms with Crippen molar-refractivity contribution in [3.63, 3.8) is 0 Å². The lowest BCUT2D eigenvalue weighted by atomic mass is 10.4. The normalized spacial score (nSPS) is 14.1. The van der Waals surface area contributed by atoms with Gasteiger partial charge in [-0.3, -0.25) is 14.3 Å². The topological polar surface area (TPSA) is 98.0 Å². The van der Waals surface area contributed by atoms with Gasteiger partial charge in [-0.05, 0) is 18.5 Å². The zero-order chi connectivity index (χ0) is 13.0. The predicted molar refractivity (Wildman–Crippen MR) is 65.7 cm³/mol. The van der Waals surface area contributed by atoms with Gasteiger partial charge in [-0.2, -0.15) is 4.98 Å². The molecule has 94 valence electrons. The minimum atomic E-state index is -1.02. The van der Waals surface area contributed by atoms with Gasteiger partial charge >= 0.3 is 5.69 Å². The fourth-order valence-electron chi connectivity index (χ4n) is 0.975. The number of anilines is 1. The summed E-state index contributed by atoms with van der Waals surface area (Å²) in [7, 11) is -1.02. The van der Waals surface area contributed by atoms with E-state index in [2.05, 4.69) is 15.3 Å². The van der Waals surface area contributed by atoms with Crippen LogP contribution in [-0.4, -0.2) is 37.2 Å². The van der Waals surface area contributed by atoms with Crippen LogP contribution in [0.1, 0.15) is 6.92 Å². The molecule has 0 spiro atoms. The van der Waals surface area contributed by atoms with Gasteiger partial charge < -0.3 is 5.32 Å². The third-order valence-corrected chi connectivity index (χ3v) is 3.54. The molecule has 0 bridgehead atoms. The molecule has 2 unspecified atom stereocenters. The Labute approximate surface area is 105 Å². The quantitative estimate of drug-likeness (QED) is 0.494. The maximum atomic E-state index is 11.1. The lowest BCUT2D eigenvalue weighted by molar-refractivity contribution is -0.384. The number of nitrogens with one attached hydrogen (secondary N) is 1. The van der Waals surface area contributed by atoms with E-state index in [0.717, 1.165) is 6.20 Å². The summed E-state index contributed by atoms with van der Waals surface area (Å²) in [6.45, 7) is 2.06. The van der Waals surface area contributed by atoms with E-state index < -0.39 is 15.7 Å². The van der Waals surface area contributed by atoms with Crippen molar-refractivity contribution in [3.8, 4) is 0 Å². The summed E-state index contributed by atoms with van der Waals surface area (Å²) in [5, 5.41) is 13.2. The molecule has 0 fully saturated rings. The summed E-state index contributed by atoms with van der Waals surface area (Å²) in [6.07, 6.45) is 2.60. The Bertz CT molecular complexity index is 456. The van der Waals surface area contributed by atoms with E-state index in [-0.39, 0.29) is 22.0 Å². The van der Waals surface area contributed by atoms with Crippen LogP contribution in [0, 0.1) is 10.1 Å². The second-order valence-corrected chi connectivity index (χ2v) is 5.46. The highest BCUT2D eigenvalue weighted by molar-refractivity contribution is 7.84. The van der Waals surface area contributed by atoms with Gasteiger partial charge in [0, 0.05) is 28.9 Å². The first kappa shape index (κ1) is 13.8. The number of aromatic nitrogens is 2. The van der Waals surface area contributed by atoms with Crippen LogP contribution >= 0.6 is 11.6 Å². The molecule has 1 aromatic heterocycles. The fourth-order valence-corrected chi connectivity index (χ4v) is 1.43. The largest absolute Gasteiger partial charge is 0.363 e. The fraction of sp³-hybridized carbons (Fsp3) is 0.500. The molecule has 7 nitrogen and oxygen atoms in total. The minimum Gasteiger partial charge on any atom is -0.363 e. The average Bonchev–Trinajstić information content (AvgIpc) is 2.25. The smallest absolute Gasteiger partial charge is 0.329 e. The molecular weight excluding hydrogens is 268 g/mol. The summed E-state index contributed by atoms with van der Waals surface area (Å²) in [5.74, 6) is 0.0345. The molecule has 0 amide bonds. The van der Waals surface area contributed by atoms with Crippen molar-refractivity contribution in [1.29, 1.82) is 0 Å². The maximum Gasteiger partial charge on any atom is 0.329 e. The first-order valence-corrected chi connectivity index (χ1v) is 6.64. The Morgan fingerprint density at radius 2 is 2.35 bits per heavy atom. The molecule has 0 saturated heterocycles. The lowest BCUT2D eigenvalue weighted by Crippen LogP contribution is -2.21. The van der Waals surface area contributed by atoms with Crippen LogP contribution in [0.4, 0.5) is 11.5 Å². The Balaban J connectivity index is 2.85. The molecule has 9 heteroatoms. The van der Waals surface area contributed by atoms with Gasteiger partial charge in [-0.1, -0.05) is 0 Å². The van der Waals surface area contributed by atoms with Crippen molar-refractivity contribution in [2.24, 2.45) is 0 Å². The molecule has 0 aliphatic rings. The van der Waals surface area contributed by atoms with Crippen molar-refractivity contribution in [2.45, 2.75) is 12.2 Å². The lowest BCUT2D eigenvalue weighted by Gasteiger charge is -2.10. The van der Waals surface area contributed by atoms with Crippen molar-refractivity contribution < 1.29 is 9.13 Å². The summed E-state index contributed by atoms with van der Waals surface area (Å²) >= 11 is 5.55. The highest BCUT2D eigenvalue weighted by atomic mass is 35.5. The SMILES string of the molecule is CC(CNc1nc(Cl)ncc1[N+](=O)[O-])S(C)=O. The molecule has 2 atom stereocenters. The van der Waals surface area contributed by atoms with Gasteiger partial charge in [-0.15, -0.1) is 0 Å². The van der Waals surface area contributed by atoms with Crippen molar-refractivity contribution in [2.75, 3.05) is 18.1 Å². The van der Waals surface area contributed by atoms with Gasteiger partial charge in [-0.25, -0.2) is 4.98 Å². The molecule has 17 heavy (non-hydrogen) atoms. The van der Waals surface area contributed by atoms with Crippen LogP contribution in [0.5, 0.6) is 0 Å². The predicted octanol–water partition coefficient (Wildman–Crippen LogP) is 1.22. The Morgan fingerprint density at radius 3 is 2.88 bits per heavy atom. The molecule has 1 aromatic rings. The summed E-state index contributed by atoms with van der Waals surface area (Å²) < 4.78 is 11.1. The number of rotatable bonds is 5. The Kier molecular flexibility index (Phi) is 4.76. The van der Waals surface area contributed by atoms with Crippen LogP contribution in [0.15, 0.2) is 6.20 Å². The number of hydrogen-bond donors (Lipinski definition) is 1. The van der Waals surface area contributed by atoms with E-state index in [9.17, 15) is 14.3 Å². The van der Waals surface area contributed by atoms with Crippen LogP contribution in [0.25, 0.3) is 0 Å². The molecule has 1 rings (SSSR count). The Hall–Kier alpha value is -1.28. The summed E-state index contributed by atoms with van der Waals surface area (Å²) in [5.41, 5.74) is -0.261. The van der Waals surface area contributed by atoms with Crippen LogP contribution < -0.4 is 5.32 Å². The van der Waals surface area contributed by atoms with Crippen molar-refractivity contribution >= 4 is 33.9 Å². The second kappa shape index (κ2) is 5.87. The second-order valence-electron chi connectivity index (χ2n) is 3.32. The van der Waals surface area contributed by atoms with Gasteiger partial charge in [0.05, 0.1) is 4.92 Å². The monoisotopic (exact) mass is 278 g/mol. The number of halogens is 1. The summed E-state index contributed by atoms with van der Waals surface area (Å²) in [6, 6.07) is 0. The van der Waals surface area contributed by atoms with Gasteiger partial charge in [0.2, 0.25) is 11.1 Å². The molecule has 0 radical (unpaired) electrons. The zero-order valence-corrected chi connectivity index (χ0v) is 10.8. The number of hydrogen-bond acceptors (Lipinski definition) is 6. The molecule has 0 saturated carbocycles. The van der Waals surface area contributed by atoms with Gasteiger partial charge in [0.1, 0.15) is 6.20 Å². The number of nitrogens with zero attached hydrogens (tertiary/aromatic N) is 3. The van der Waals surface area contributed by atoms with E-state index in [1.807, 2.05) is 0 Å². The van der Waals surface area contributed by atoms with Gasteiger partial charge in [0.25, 0.3) is 0 Å². The van der Waals surface area contributed by atoms with E-state index in [0.29, 0.717) is 6.54 Å². The third kappa shape index (κ3) is 3.90. The minimum absolute atomic E-state index is 0.0345. The van der Waals surface area contributed by atoms with E-state index in [1.165, 1.54) is 0 Å². The number of nitro groups is 1. The van der Waals surface area contributed by atoms with Gasteiger partial charge in [0.15, 0.2) is 0 Å². The van der Waals surface area contributed by atoms with E-state index in [4.69, 9.17) is 11.6 Å². The molecule has 0 aliphatic heterocycles. The Morgan fingerprint density at radius 1 is 1.71 bits per heavy atom. The molecule has 0 aromatic carbocycles. The average molecular weight is 279 g/mol. The highest BCUT2D eigenvalue weighted by Crippen LogP contribution is 2.21.